The summed E-state index contributed by atoms with van der Waals surface area (Å²) in [5.74, 6) is 0. The van der Waals surface area contributed by atoms with Gasteiger partial charge < -0.3 is 15.2 Å². The van der Waals surface area contributed by atoms with Crippen molar-refractivity contribution in [3.05, 3.63) is 0 Å². The zero-order valence-corrected chi connectivity index (χ0v) is 6.68. The van der Waals surface area contributed by atoms with Crippen molar-refractivity contribution in [2.75, 3.05) is 19.7 Å². The number of piperidine rings is 1. The van der Waals surface area contributed by atoms with E-state index in [0.717, 1.165) is 32.4 Å². The fraction of sp³-hybridized carbons (Fsp3) is 1.00. The number of β-amino-alcohol motifs (C(OH)–C–C–N with tert-alkyl or cyclic N) is 1. The minimum atomic E-state index is -0.293. The molecule has 2 atom stereocenters. The quantitative estimate of drug-likeness (QED) is 0.515. The van der Waals surface area contributed by atoms with Gasteiger partial charge in [-0.15, -0.1) is 0 Å². The SMILES string of the molecule is O[C@H]1CNCC[C@@]12CCCO2. The van der Waals surface area contributed by atoms with Gasteiger partial charge in [0.05, 0.1) is 11.7 Å². The number of aliphatic hydroxyl groups is 1. The fourth-order valence-corrected chi connectivity index (χ4v) is 2.07. The smallest absolute Gasteiger partial charge is 0.0965 e. The number of nitrogens with one attached hydrogen (secondary N) is 1. The topological polar surface area (TPSA) is 41.5 Å². The lowest BCUT2D eigenvalue weighted by molar-refractivity contribution is -0.105. The van der Waals surface area contributed by atoms with Crippen LogP contribution < -0.4 is 5.32 Å². The zero-order valence-electron chi connectivity index (χ0n) is 6.68. The van der Waals surface area contributed by atoms with Gasteiger partial charge in [0.15, 0.2) is 0 Å². The van der Waals surface area contributed by atoms with Crippen LogP contribution in [0.25, 0.3) is 0 Å². The summed E-state index contributed by atoms with van der Waals surface area (Å²) >= 11 is 0. The highest BCUT2D eigenvalue weighted by Crippen LogP contribution is 2.33. The molecule has 2 saturated heterocycles. The van der Waals surface area contributed by atoms with Crippen molar-refractivity contribution in [2.24, 2.45) is 0 Å². The molecule has 3 nitrogen and oxygen atoms in total. The molecular weight excluding hydrogens is 142 g/mol. The van der Waals surface area contributed by atoms with Gasteiger partial charge in [-0.2, -0.15) is 0 Å². The van der Waals surface area contributed by atoms with Crippen LogP contribution in [-0.2, 0) is 4.74 Å². The Morgan fingerprint density at radius 1 is 1.45 bits per heavy atom. The Balaban J connectivity index is 2.07. The average Bonchev–Trinajstić information content (AvgIpc) is 2.46. The molecule has 2 aliphatic heterocycles. The summed E-state index contributed by atoms with van der Waals surface area (Å²) in [4.78, 5) is 0. The van der Waals surface area contributed by atoms with E-state index in [2.05, 4.69) is 5.32 Å². The van der Waals surface area contributed by atoms with E-state index in [4.69, 9.17) is 4.74 Å². The molecule has 3 heteroatoms. The highest BCUT2D eigenvalue weighted by molar-refractivity contribution is 4.96. The van der Waals surface area contributed by atoms with Crippen LogP contribution in [0.3, 0.4) is 0 Å². The molecule has 2 rings (SSSR count). The average molecular weight is 157 g/mol. The summed E-state index contributed by atoms with van der Waals surface area (Å²) in [5, 5.41) is 12.8. The number of hydrogen-bond acceptors (Lipinski definition) is 3. The maximum Gasteiger partial charge on any atom is 0.0965 e. The first-order chi connectivity index (χ1) is 5.33. The summed E-state index contributed by atoms with van der Waals surface area (Å²) in [6, 6.07) is 0. The molecule has 2 aliphatic rings. The van der Waals surface area contributed by atoms with Crippen molar-refractivity contribution in [3.8, 4) is 0 Å². The van der Waals surface area contributed by atoms with Gasteiger partial charge in [0.1, 0.15) is 0 Å². The first-order valence-electron chi connectivity index (χ1n) is 4.36. The number of rotatable bonds is 0. The van der Waals surface area contributed by atoms with E-state index >= 15 is 0 Å². The molecule has 2 fully saturated rings. The Labute approximate surface area is 66.7 Å². The maximum atomic E-state index is 9.67. The third-order valence-electron chi connectivity index (χ3n) is 2.80. The van der Waals surface area contributed by atoms with Crippen LogP contribution >= 0.6 is 0 Å². The standard InChI is InChI=1S/C8H15NO2/c10-7-6-9-4-3-8(7)2-1-5-11-8/h7,9-10H,1-6H2/t7-,8-/m0/s1. The number of ether oxygens (including phenoxy) is 1. The lowest BCUT2D eigenvalue weighted by Gasteiger charge is -2.37. The minimum Gasteiger partial charge on any atom is -0.389 e. The Hall–Kier alpha value is -0.120. The Bertz CT molecular complexity index is 143. The fourth-order valence-electron chi connectivity index (χ4n) is 2.07. The Morgan fingerprint density at radius 3 is 3.00 bits per heavy atom. The van der Waals surface area contributed by atoms with Gasteiger partial charge in [-0.1, -0.05) is 0 Å². The molecular formula is C8H15NO2. The maximum absolute atomic E-state index is 9.67. The minimum absolute atomic E-state index is 0.175. The molecule has 0 aromatic carbocycles. The molecule has 2 N–H and O–H groups in total. The van der Waals surface area contributed by atoms with Gasteiger partial charge >= 0.3 is 0 Å². The van der Waals surface area contributed by atoms with Crippen LogP contribution in [0, 0.1) is 0 Å². The second-order valence-corrected chi connectivity index (χ2v) is 3.49. The predicted molar refractivity (Wildman–Crippen MR) is 41.4 cm³/mol. The molecule has 0 bridgehead atoms. The van der Waals surface area contributed by atoms with E-state index in [1.807, 2.05) is 0 Å². The molecule has 0 amide bonds. The molecule has 0 radical (unpaired) electrons. The summed E-state index contributed by atoms with van der Waals surface area (Å²) in [6.45, 7) is 2.51. The van der Waals surface area contributed by atoms with Crippen molar-refractivity contribution >= 4 is 0 Å². The number of aliphatic hydroxyl groups excluding tert-OH is 1. The van der Waals surface area contributed by atoms with Crippen molar-refractivity contribution in [3.63, 3.8) is 0 Å². The van der Waals surface area contributed by atoms with E-state index < -0.39 is 0 Å². The summed E-state index contributed by atoms with van der Waals surface area (Å²) in [7, 11) is 0. The molecule has 64 valence electrons. The second-order valence-electron chi connectivity index (χ2n) is 3.49. The van der Waals surface area contributed by atoms with E-state index in [9.17, 15) is 5.11 Å². The predicted octanol–water partition coefficient (Wildman–Crippen LogP) is -0.110. The third kappa shape index (κ3) is 1.17. The van der Waals surface area contributed by atoms with Crippen molar-refractivity contribution in [2.45, 2.75) is 31.0 Å². The van der Waals surface area contributed by atoms with Gasteiger partial charge in [-0.3, -0.25) is 0 Å². The Kier molecular flexibility index (Phi) is 1.87. The highest BCUT2D eigenvalue weighted by Gasteiger charge is 2.43. The van der Waals surface area contributed by atoms with Crippen LogP contribution in [0.1, 0.15) is 19.3 Å². The first kappa shape index (κ1) is 7.53. The molecule has 0 aromatic rings. The zero-order chi connectivity index (χ0) is 7.73. The van der Waals surface area contributed by atoms with Crippen molar-refractivity contribution in [1.82, 2.24) is 5.32 Å². The molecule has 1 spiro atoms. The van der Waals surface area contributed by atoms with Gasteiger partial charge in [0.25, 0.3) is 0 Å². The monoisotopic (exact) mass is 157 g/mol. The molecule has 2 heterocycles. The number of hydrogen-bond donors (Lipinski definition) is 2. The van der Waals surface area contributed by atoms with Crippen molar-refractivity contribution in [1.29, 1.82) is 0 Å². The molecule has 0 aromatic heterocycles. The van der Waals surface area contributed by atoms with Crippen LogP contribution in [-0.4, -0.2) is 36.5 Å². The van der Waals surface area contributed by atoms with Gasteiger partial charge in [0.2, 0.25) is 0 Å². The highest BCUT2D eigenvalue weighted by atomic mass is 16.5. The summed E-state index contributed by atoms with van der Waals surface area (Å²) in [6.07, 6.45) is 2.82. The van der Waals surface area contributed by atoms with Gasteiger partial charge in [-0.25, -0.2) is 0 Å². The summed E-state index contributed by atoms with van der Waals surface area (Å²) < 4.78 is 5.60. The van der Waals surface area contributed by atoms with E-state index in [-0.39, 0.29) is 11.7 Å². The van der Waals surface area contributed by atoms with Crippen LogP contribution in [0.5, 0.6) is 0 Å². The molecule has 0 saturated carbocycles. The van der Waals surface area contributed by atoms with Crippen LogP contribution in [0.2, 0.25) is 0 Å². The largest absolute Gasteiger partial charge is 0.389 e. The van der Waals surface area contributed by atoms with Crippen LogP contribution in [0.15, 0.2) is 0 Å². The van der Waals surface area contributed by atoms with E-state index in [1.54, 1.807) is 0 Å². The normalized spacial score (nSPS) is 45.0. The summed E-state index contributed by atoms with van der Waals surface area (Å²) in [5.41, 5.74) is -0.175. The second kappa shape index (κ2) is 2.73. The lowest BCUT2D eigenvalue weighted by Crippen LogP contribution is -2.53. The lowest BCUT2D eigenvalue weighted by atomic mass is 9.87. The first-order valence-corrected chi connectivity index (χ1v) is 4.36. The van der Waals surface area contributed by atoms with Gasteiger partial charge in [0, 0.05) is 13.2 Å². The van der Waals surface area contributed by atoms with Crippen molar-refractivity contribution < 1.29 is 9.84 Å². The van der Waals surface area contributed by atoms with E-state index in [0.29, 0.717) is 6.54 Å². The molecule has 0 unspecified atom stereocenters. The molecule has 11 heavy (non-hydrogen) atoms. The Morgan fingerprint density at radius 2 is 2.36 bits per heavy atom. The molecule has 0 aliphatic carbocycles. The third-order valence-corrected chi connectivity index (χ3v) is 2.80. The van der Waals surface area contributed by atoms with Gasteiger partial charge in [-0.05, 0) is 25.8 Å². The van der Waals surface area contributed by atoms with Crippen LogP contribution in [0.4, 0.5) is 0 Å². The van der Waals surface area contributed by atoms with E-state index in [1.165, 1.54) is 0 Å².